The number of methoxy groups -OCH3 is 6. The first-order valence-electron chi connectivity index (χ1n) is 39.5. The van der Waals surface area contributed by atoms with Gasteiger partial charge in [0.15, 0.2) is 0 Å². The molecule has 0 saturated heterocycles. The Kier molecular flexibility index (Phi) is 60.5. The number of aliphatic hydroxyl groups excluding tert-OH is 2. The Hall–Kier alpha value is -8.56. The number of ether oxygens (including phenoxy) is 14. The lowest BCUT2D eigenvalue weighted by molar-refractivity contribution is 0.0446. The van der Waals surface area contributed by atoms with Gasteiger partial charge in [-0.2, -0.15) is 0 Å². The van der Waals surface area contributed by atoms with Crippen molar-refractivity contribution in [2.45, 2.75) is 270 Å². The van der Waals surface area contributed by atoms with Gasteiger partial charge in [-0.25, -0.2) is 9.18 Å². The smallest absolute Gasteiger partial charge is 0.338 e. The highest BCUT2D eigenvalue weighted by atomic mass is 19.1. The van der Waals surface area contributed by atoms with Crippen molar-refractivity contribution >= 4 is 5.97 Å². The molecule has 1 atom stereocenters. The summed E-state index contributed by atoms with van der Waals surface area (Å²) in [7, 11) is 9.82. The van der Waals surface area contributed by atoms with Gasteiger partial charge in [0, 0.05) is 87.2 Å². The number of para-hydroxylation sites is 1. The Balaban J connectivity index is -0.000000738. The molecule has 8 rings (SSSR count). The summed E-state index contributed by atoms with van der Waals surface area (Å²) in [5, 5.41) is 19.4. The first kappa shape index (κ1) is 119. The van der Waals surface area contributed by atoms with E-state index < -0.39 is 5.97 Å². The third-order valence-corrected chi connectivity index (χ3v) is 20.2. The molecule has 0 heterocycles. The summed E-state index contributed by atoms with van der Waals surface area (Å²) in [6.07, 6.45) is 4.23. The van der Waals surface area contributed by atoms with Crippen LogP contribution in [0.1, 0.15) is 281 Å². The van der Waals surface area contributed by atoms with E-state index in [1.807, 2.05) is 60.7 Å². The first-order chi connectivity index (χ1) is 54.1. The van der Waals surface area contributed by atoms with Crippen molar-refractivity contribution in [1.82, 2.24) is 0 Å². The average Bonchev–Trinajstić information content (AvgIpc) is 0.886. The molecule has 0 saturated carbocycles. The van der Waals surface area contributed by atoms with E-state index in [2.05, 4.69) is 165 Å². The standard InChI is InChI=1S/C24H31FO5.2C24H34O4.C23H32O4.8CH4/c1-6-24(2,3)20-9-7-17(8-10-20)23(26)30-12-11-29-22-18(15-27-4)13-21(25)14-19(22)16-28-5;1-7-24(3,4)21-10-8-9-11-22(21)27-12-13-28-23-19(16-25-5)14-18(2)15-20(23)17-26-6;1-6-24(4,5)21-8-7-9-22(14-21)27-10-11-28-23-19(15-25)12-18(17(2)3)13-20(23)16-26;1-6-18(3)19-8-7-9-22(14-19)26-10-11-27-23-20(15-24-4)12-17(2)13-21(23)16-25-5;;;;;;;;/h7-10,13-14H,6,11-12,15-16H2,1-5H3;8-11,14-15H,7,12-13,16-17H2,1-6H3;7-9,12-14,17,25-26H,6,10-11,15-16H2,1-5H3;7-9,12-14,18H,6,10-11,15-16H2,1-5H3;8*1H4. The third kappa shape index (κ3) is 38.0. The number of carbonyl (C=O) groups excluding carboxylic acids is 1. The fourth-order valence-corrected chi connectivity index (χ4v) is 12.5. The Morgan fingerprint density at radius 2 is 0.727 bits per heavy atom. The average molecular weight is 1690 g/mol. The SMILES string of the molecule is C.C.C.C.C.C.C.C.CCC(C)(C)c1ccc(C(=O)OCCOc2c(COC)cc(F)cc2COC)cc1.CCC(C)(C)c1cccc(OCCOc2c(CO)cc(C(C)C)cc2CO)c1.CCC(C)(C)c1ccccc1OCCOc1c(COC)cc(C)cc1COC.CCC(C)c1cccc(OCCOc2c(COC)cc(C)cc2COC)c1. The van der Waals surface area contributed by atoms with Gasteiger partial charge in [-0.1, -0.05) is 239 Å². The lowest BCUT2D eigenvalue weighted by Crippen LogP contribution is -2.18. The van der Waals surface area contributed by atoms with Crippen LogP contribution >= 0.6 is 0 Å². The van der Waals surface area contributed by atoms with E-state index in [1.54, 1.807) is 40.6 Å². The zero-order chi connectivity index (χ0) is 83.1. The van der Waals surface area contributed by atoms with Gasteiger partial charge in [-0.15, -0.1) is 0 Å². The molecule has 1 unspecified atom stereocenters. The fourth-order valence-electron chi connectivity index (χ4n) is 12.5. The zero-order valence-corrected chi connectivity index (χ0v) is 71.5. The molecule has 8 aromatic rings. The van der Waals surface area contributed by atoms with Crippen LogP contribution in [0.4, 0.5) is 4.39 Å². The Morgan fingerprint density at radius 3 is 1.12 bits per heavy atom. The molecule has 0 aromatic heterocycles. The summed E-state index contributed by atoms with van der Waals surface area (Å²) >= 11 is 0. The van der Waals surface area contributed by atoms with Crippen LogP contribution < -0.4 is 33.2 Å². The minimum absolute atomic E-state index is 0. The fraction of sp³-hybridized carbons (Fsp3) is 0.524. The van der Waals surface area contributed by atoms with Gasteiger partial charge >= 0.3 is 5.97 Å². The summed E-state index contributed by atoms with van der Waals surface area (Å²) in [6, 6.07) is 47.2. The van der Waals surface area contributed by atoms with Crippen LogP contribution in [-0.2, 0) is 102 Å². The maximum Gasteiger partial charge on any atom is 0.338 e. The largest absolute Gasteiger partial charge is 0.490 e. The van der Waals surface area contributed by atoms with Crippen LogP contribution in [0.5, 0.6) is 40.2 Å². The molecular weight excluding hydrogens is 1530 g/mol. The van der Waals surface area contributed by atoms with Crippen molar-refractivity contribution < 1.29 is 85.7 Å². The minimum atomic E-state index is -0.409. The number of hydrogen-bond donors (Lipinski definition) is 2. The first-order valence-corrected chi connectivity index (χ1v) is 39.5. The summed E-state index contributed by atoms with van der Waals surface area (Å²) in [6.45, 7) is 37.5. The van der Waals surface area contributed by atoms with Gasteiger partial charge < -0.3 is 76.5 Å². The lowest BCUT2D eigenvalue weighted by atomic mass is 9.82. The van der Waals surface area contributed by atoms with E-state index in [9.17, 15) is 19.4 Å². The van der Waals surface area contributed by atoms with Crippen LogP contribution in [-0.4, -0.2) is 112 Å². The quantitative estimate of drug-likeness (QED) is 0.0271. The van der Waals surface area contributed by atoms with Gasteiger partial charge in [0.25, 0.3) is 0 Å². The lowest BCUT2D eigenvalue weighted by Gasteiger charge is -2.26. The van der Waals surface area contributed by atoms with Gasteiger partial charge in [-0.3, -0.25) is 0 Å². The van der Waals surface area contributed by atoms with Crippen molar-refractivity contribution in [3.8, 4) is 40.2 Å². The predicted octanol–water partition coefficient (Wildman–Crippen LogP) is 25.8. The highest BCUT2D eigenvalue weighted by Crippen LogP contribution is 2.37. The van der Waals surface area contributed by atoms with E-state index in [1.165, 1.54) is 59.7 Å². The molecule has 0 radical (unpaired) electrons. The second-order valence-corrected chi connectivity index (χ2v) is 30.4. The monoisotopic (exact) mass is 1690 g/mol. The zero-order valence-electron chi connectivity index (χ0n) is 71.5. The molecule has 2 N–H and O–H groups in total. The van der Waals surface area contributed by atoms with Crippen LogP contribution in [0, 0.1) is 19.7 Å². The number of benzene rings is 8. The molecule has 0 aliphatic carbocycles. The van der Waals surface area contributed by atoms with Crippen molar-refractivity contribution in [1.29, 1.82) is 0 Å². The molecule has 0 aliphatic heterocycles. The van der Waals surface area contributed by atoms with Crippen molar-refractivity contribution in [3.63, 3.8) is 0 Å². The topological polar surface area (TPSA) is 187 Å². The Morgan fingerprint density at radius 1 is 0.372 bits per heavy atom. The van der Waals surface area contributed by atoms with Gasteiger partial charge in [0.2, 0.25) is 0 Å². The van der Waals surface area contributed by atoms with E-state index >= 15 is 0 Å². The van der Waals surface area contributed by atoms with Crippen molar-refractivity contribution in [3.05, 3.63) is 240 Å². The molecule has 0 aliphatic rings. The number of esters is 1. The molecule has 0 bridgehead atoms. The molecule has 684 valence electrons. The summed E-state index contributed by atoms with van der Waals surface area (Å²) < 4.78 is 92.4. The predicted molar refractivity (Wildman–Crippen MR) is 502 cm³/mol. The van der Waals surface area contributed by atoms with Crippen LogP contribution in [0.3, 0.4) is 0 Å². The maximum absolute atomic E-state index is 13.8. The minimum Gasteiger partial charge on any atom is -0.490 e. The number of carbonyl (C=O) groups is 1. The highest BCUT2D eigenvalue weighted by Gasteiger charge is 2.25. The van der Waals surface area contributed by atoms with E-state index in [4.69, 9.17) is 66.3 Å². The molecule has 0 fully saturated rings. The number of rotatable bonds is 43. The van der Waals surface area contributed by atoms with Crippen LogP contribution in [0.15, 0.2) is 146 Å². The number of aryl methyl sites for hydroxylation is 2. The molecule has 0 spiro atoms. The van der Waals surface area contributed by atoms with Gasteiger partial charge in [0.05, 0.1) is 58.4 Å². The second kappa shape index (κ2) is 61.7. The molecule has 17 nitrogen and oxygen atoms in total. The van der Waals surface area contributed by atoms with Crippen LogP contribution in [0.2, 0.25) is 0 Å². The van der Waals surface area contributed by atoms with Crippen LogP contribution in [0.25, 0.3) is 0 Å². The van der Waals surface area contributed by atoms with E-state index in [0.717, 1.165) is 82.2 Å². The summed E-state index contributed by atoms with van der Waals surface area (Å²) in [4.78, 5) is 12.3. The van der Waals surface area contributed by atoms with Gasteiger partial charge in [-0.05, 0) is 162 Å². The van der Waals surface area contributed by atoms with Gasteiger partial charge in [0.1, 0.15) is 98.9 Å². The normalized spacial score (nSPS) is 10.9. The van der Waals surface area contributed by atoms with Crippen molar-refractivity contribution in [2.24, 2.45) is 0 Å². The second-order valence-electron chi connectivity index (χ2n) is 30.4. The number of halogens is 1. The Labute approximate surface area is 733 Å². The maximum atomic E-state index is 13.8. The highest BCUT2D eigenvalue weighted by molar-refractivity contribution is 5.89. The molecule has 0 amide bonds. The van der Waals surface area contributed by atoms with Crippen molar-refractivity contribution in [2.75, 3.05) is 95.5 Å². The van der Waals surface area contributed by atoms with E-state index in [-0.39, 0.29) is 121 Å². The number of hydrogen-bond acceptors (Lipinski definition) is 17. The molecule has 18 heteroatoms. The summed E-state index contributed by atoms with van der Waals surface area (Å²) in [5.74, 6) is 5.39. The molecule has 8 aromatic carbocycles. The molecule has 121 heavy (non-hydrogen) atoms. The summed E-state index contributed by atoms with van der Waals surface area (Å²) in [5.41, 5.74) is 15.8. The third-order valence-electron chi connectivity index (χ3n) is 20.2. The molecular formula is C103H163FO17. The number of aliphatic hydroxyl groups is 2. The van der Waals surface area contributed by atoms with E-state index in [0.29, 0.717) is 117 Å². The Bertz CT molecular complexity index is 4000.